The van der Waals surface area contributed by atoms with Crippen molar-refractivity contribution in [2.45, 2.75) is 71.3 Å². The van der Waals surface area contributed by atoms with Crippen LogP contribution in [-0.4, -0.2) is 24.0 Å². The number of hydrogen-bond donors (Lipinski definition) is 0. The lowest BCUT2D eigenvalue weighted by molar-refractivity contribution is -0.155. The van der Waals surface area contributed by atoms with Gasteiger partial charge in [0.25, 0.3) is 0 Å². The maximum Gasteiger partial charge on any atom is 0.0219 e. The summed E-state index contributed by atoms with van der Waals surface area (Å²) in [5, 5.41) is 0. The quantitative estimate of drug-likeness (QED) is 0.712. The van der Waals surface area contributed by atoms with E-state index in [1.165, 1.54) is 51.5 Å². The topological polar surface area (TPSA) is 3.24 Å². The van der Waals surface area contributed by atoms with Gasteiger partial charge in [0.1, 0.15) is 0 Å². The normalized spacial score (nSPS) is 52.4. The predicted molar refractivity (Wildman–Crippen MR) is 73.1 cm³/mol. The minimum absolute atomic E-state index is 0.568. The SMILES string of the molecule is CCCN(C)C12CC3CC(C)(CC(C)(C3)C1)C2. The third kappa shape index (κ3) is 1.77. The predicted octanol–water partition coefficient (Wildman–Crippen LogP) is 4.08. The average molecular weight is 235 g/mol. The van der Waals surface area contributed by atoms with Gasteiger partial charge in [0, 0.05) is 5.54 Å². The Kier molecular flexibility index (Phi) is 2.47. The van der Waals surface area contributed by atoms with Crippen LogP contribution in [0.2, 0.25) is 0 Å². The van der Waals surface area contributed by atoms with Crippen molar-refractivity contribution in [2.24, 2.45) is 16.7 Å². The van der Waals surface area contributed by atoms with Crippen LogP contribution in [0.25, 0.3) is 0 Å². The maximum absolute atomic E-state index is 2.73. The molecule has 1 heteroatoms. The van der Waals surface area contributed by atoms with Crippen LogP contribution >= 0.6 is 0 Å². The first-order valence-electron chi connectivity index (χ1n) is 7.60. The molecule has 0 aromatic carbocycles. The van der Waals surface area contributed by atoms with E-state index in [0.717, 1.165) is 5.92 Å². The molecule has 0 N–H and O–H groups in total. The Hall–Kier alpha value is -0.0400. The monoisotopic (exact) mass is 235 g/mol. The summed E-state index contributed by atoms with van der Waals surface area (Å²) in [6.45, 7) is 8.76. The summed E-state index contributed by atoms with van der Waals surface area (Å²) in [6, 6.07) is 0. The van der Waals surface area contributed by atoms with Crippen LogP contribution in [0.1, 0.15) is 65.7 Å². The summed E-state index contributed by atoms with van der Waals surface area (Å²) >= 11 is 0. The Morgan fingerprint density at radius 1 is 1.00 bits per heavy atom. The van der Waals surface area contributed by atoms with Gasteiger partial charge in [-0.3, -0.25) is 0 Å². The van der Waals surface area contributed by atoms with Gasteiger partial charge in [-0.25, -0.2) is 0 Å². The molecule has 4 saturated carbocycles. The molecule has 4 rings (SSSR count). The molecular formula is C16H29N. The summed E-state index contributed by atoms with van der Waals surface area (Å²) in [4.78, 5) is 2.73. The van der Waals surface area contributed by atoms with E-state index in [1.807, 2.05) is 0 Å². The smallest absolute Gasteiger partial charge is 0.0219 e. The van der Waals surface area contributed by atoms with Crippen LogP contribution in [0.15, 0.2) is 0 Å². The summed E-state index contributed by atoms with van der Waals surface area (Å²) in [6.07, 6.45) is 10.3. The third-order valence-corrected chi connectivity index (χ3v) is 5.97. The number of nitrogens with zero attached hydrogens (tertiary/aromatic N) is 1. The molecule has 1 nitrogen and oxygen atoms in total. The molecule has 0 saturated heterocycles. The lowest BCUT2D eigenvalue weighted by Gasteiger charge is -2.67. The van der Waals surface area contributed by atoms with Gasteiger partial charge in [0.2, 0.25) is 0 Å². The van der Waals surface area contributed by atoms with E-state index >= 15 is 0 Å². The molecule has 0 heterocycles. The zero-order chi connectivity index (χ0) is 12.3. The summed E-state index contributed by atoms with van der Waals surface area (Å²) in [7, 11) is 2.39. The van der Waals surface area contributed by atoms with Gasteiger partial charge in [-0.1, -0.05) is 20.8 Å². The fourth-order valence-electron chi connectivity index (χ4n) is 6.39. The molecule has 0 radical (unpaired) electrons. The summed E-state index contributed by atoms with van der Waals surface area (Å²) in [5.74, 6) is 1.03. The van der Waals surface area contributed by atoms with E-state index in [-0.39, 0.29) is 0 Å². The molecule has 0 amide bonds. The highest BCUT2D eigenvalue weighted by atomic mass is 15.2. The van der Waals surface area contributed by atoms with Crippen molar-refractivity contribution >= 4 is 0 Å². The second kappa shape index (κ2) is 3.50. The van der Waals surface area contributed by atoms with Crippen molar-refractivity contribution in [1.82, 2.24) is 4.90 Å². The van der Waals surface area contributed by atoms with Crippen molar-refractivity contribution in [3.05, 3.63) is 0 Å². The van der Waals surface area contributed by atoms with Crippen molar-refractivity contribution in [3.8, 4) is 0 Å². The fourth-order valence-corrected chi connectivity index (χ4v) is 6.39. The standard InChI is InChI=1S/C16H29N/c1-5-6-17(4)16-9-13-7-14(2,11-16)10-15(3,8-13)12-16/h13H,5-12H2,1-4H3. The van der Waals surface area contributed by atoms with Gasteiger partial charge in [-0.2, -0.15) is 0 Å². The van der Waals surface area contributed by atoms with Gasteiger partial charge in [0.05, 0.1) is 0 Å². The first kappa shape index (κ1) is 12.0. The minimum Gasteiger partial charge on any atom is -0.301 e. The molecule has 98 valence electrons. The molecule has 0 aliphatic heterocycles. The second-order valence-electron chi connectivity index (χ2n) is 8.28. The Balaban J connectivity index is 1.92. The molecule has 4 aliphatic carbocycles. The van der Waals surface area contributed by atoms with Crippen LogP contribution in [0.3, 0.4) is 0 Å². The first-order valence-corrected chi connectivity index (χ1v) is 7.60. The average Bonchev–Trinajstić information content (AvgIpc) is 2.11. The summed E-state index contributed by atoms with van der Waals surface area (Å²) in [5.41, 5.74) is 1.89. The molecule has 2 unspecified atom stereocenters. The molecule has 17 heavy (non-hydrogen) atoms. The highest BCUT2D eigenvalue weighted by Crippen LogP contribution is 2.67. The Morgan fingerprint density at radius 2 is 1.59 bits per heavy atom. The van der Waals surface area contributed by atoms with Gasteiger partial charge >= 0.3 is 0 Å². The molecule has 4 fully saturated rings. The van der Waals surface area contributed by atoms with Crippen molar-refractivity contribution in [1.29, 1.82) is 0 Å². The van der Waals surface area contributed by atoms with Gasteiger partial charge < -0.3 is 4.90 Å². The van der Waals surface area contributed by atoms with E-state index in [0.29, 0.717) is 16.4 Å². The number of rotatable bonds is 3. The molecule has 0 aromatic rings. The number of hydrogen-bond acceptors (Lipinski definition) is 1. The second-order valence-corrected chi connectivity index (χ2v) is 8.28. The van der Waals surface area contributed by atoms with Crippen LogP contribution < -0.4 is 0 Å². The largest absolute Gasteiger partial charge is 0.301 e. The van der Waals surface area contributed by atoms with Crippen LogP contribution in [0, 0.1) is 16.7 Å². The van der Waals surface area contributed by atoms with Gasteiger partial charge in [-0.15, -0.1) is 0 Å². The van der Waals surface area contributed by atoms with Gasteiger partial charge in [-0.05, 0) is 75.3 Å². The first-order chi connectivity index (χ1) is 7.89. The Labute approximate surface area is 107 Å². The van der Waals surface area contributed by atoms with Crippen LogP contribution in [-0.2, 0) is 0 Å². The van der Waals surface area contributed by atoms with Crippen molar-refractivity contribution < 1.29 is 0 Å². The van der Waals surface area contributed by atoms with Crippen LogP contribution in [0.5, 0.6) is 0 Å². The lowest BCUT2D eigenvalue weighted by Crippen LogP contribution is -2.64. The van der Waals surface area contributed by atoms with Crippen LogP contribution in [0.4, 0.5) is 0 Å². The highest BCUT2D eigenvalue weighted by Gasteiger charge is 2.61. The fraction of sp³-hybridized carbons (Fsp3) is 1.00. The van der Waals surface area contributed by atoms with Crippen molar-refractivity contribution in [3.63, 3.8) is 0 Å². The molecule has 0 aromatic heterocycles. The maximum atomic E-state index is 2.73. The van der Waals surface area contributed by atoms with E-state index < -0.39 is 0 Å². The zero-order valence-electron chi connectivity index (χ0n) is 12.2. The Bertz CT molecular complexity index is 303. The minimum atomic E-state index is 0.568. The van der Waals surface area contributed by atoms with Crippen molar-refractivity contribution in [2.75, 3.05) is 13.6 Å². The molecule has 4 aliphatic rings. The Morgan fingerprint density at radius 3 is 2.06 bits per heavy atom. The summed E-state index contributed by atoms with van der Waals surface area (Å²) < 4.78 is 0. The molecule has 4 bridgehead atoms. The molecular weight excluding hydrogens is 206 g/mol. The van der Waals surface area contributed by atoms with Gasteiger partial charge in [0.15, 0.2) is 0 Å². The van der Waals surface area contributed by atoms with E-state index in [4.69, 9.17) is 0 Å². The van der Waals surface area contributed by atoms with E-state index in [9.17, 15) is 0 Å². The molecule has 2 atom stereocenters. The van der Waals surface area contributed by atoms with E-state index in [1.54, 1.807) is 0 Å². The zero-order valence-corrected chi connectivity index (χ0v) is 12.2. The lowest BCUT2D eigenvalue weighted by atomic mass is 9.42. The highest BCUT2D eigenvalue weighted by molar-refractivity contribution is 5.14. The molecule has 0 spiro atoms. The van der Waals surface area contributed by atoms with E-state index in [2.05, 4.69) is 32.7 Å². The third-order valence-electron chi connectivity index (χ3n) is 5.97.